The fourth-order valence-electron chi connectivity index (χ4n) is 4.08. The maximum atomic E-state index is 12.6. The molecule has 0 bridgehead atoms. The summed E-state index contributed by atoms with van der Waals surface area (Å²) < 4.78 is 0. The first-order valence-electron chi connectivity index (χ1n) is 11.1. The van der Waals surface area contributed by atoms with E-state index in [0.29, 0.717) is 0 Å². The second-order valence-electron chi connectivity index (χ2n) is 7.96. The molecule has 2 aromatic rings. The van der Waals surface area contributed by atoms with E-state index in [0.717, 1.165) is 44.7 Å². The summed E-state index contributed by atoms with van der Waals surface area (Å²) in [4.78, 5) is 16.9. The number of likely N-dealkylation sites (N-methyl/N-ethyl adjacent to an activating group) is 1. The van der Waals surface area contributed by atoms with Gasteiger partial charge in [0.1, 0.15) is 0 Å². The van der Waals surface area contributed by atoms with Crippen LogP contribution in [-0.4, -0.2) is 50.7 Å². The van der Waals surface area contributed by atoms with Gasteiger partial charge >= 0.3 is 6.03 Å². The molecule has 0 aromatic heterocycles. The highest BCUT2D eigenvalue weighted by Gasteiger charge is 2.29. The number of benzene rings is 2. The van der Waals surface area contributed by atoms with E-state index in [-0.39, 0.29) is 12.1 Å². The van der Waals surface area contributed by atoms with Crippen LogP contribution in [-0.2, 0) is 6.54 Å². The third kappa shape index (κ3) is 6.25. The topological polar surface area (TPSA) is 59.6 Å². The Bertz CT molecular complexity index is 845. The molecule has 2 amide bonds. The highest BCUT2D eigenvalue weighted by Crippen LogP contribution is 2.24. The van der Waals surface area contributed by atoms with Gasteiger partial charge < -0.3 is 16.0 Å². The Labute approximate surface area is 186 Å². The average molecular weight is 422 g/mol. The minimum absolute atomic E-state index is 0.0404. The Morgan fingerprint density at radius 1 is 0.968 bits per heavy atom. The summed E-state index contributed by atoms with van der Waals surface area (Å²) in [6.07, 6.45) is 1.91. The van der Waals surface area contributed by atoms with Crippen LogP contribution in [0.4, 0.5) is 10.5 Å². The molecular weight excluding hydrogens is 386 g/mol. The van der Waals surface area contributed by atoms with E-state index >= 15 is 0 Å². The molecule has 1 fully saturated rings. The summed E-state index contributed by atoms with van der Waals surface area (Å²) in [6.45, 7) is 5.74. The standard InChI is InChI=1S/C25H35N5O/c1-20(28-18-21-10-6-4-7-11-21)24(26-2)19-29-16-14-23(15-17-29)30(25(31)27-3)22-12-8-5-9-13-22/h4-13,23,26,28H,14-19H2,1-3H3,(H,27,31)/b24-20-. The van der Waals surface area contributed by atoms with Gasteiger partial charge in [0.15, 0.2) is 0 Å². The first kappa shape index (κ1) is 22.7. The number of hydrogen-bond acceptors (Lipinski definition) is 4. The van der Waals surface area contributed by atoms with Gasteiger partial charge in [-0.1, -0.05) is 48.5 Å². The molecule has 6 nitrogen and oxygen atoms in total. The zero-order valence-electron chi connectivity index (χ0n) is 18.9. The van der Waals surface area contributed by atoms with Crippen molar-refractivity contribution >= 4 is 11.7 Å². The molecule has 0 unspecified atom stereocenters. The summed E-state index contributed by atoms with van der Waals surface area (Å²) in [5.74, 6) is 0. The third-order valence-electron chi connectivity index (χ3n) is 5.93. The third-order valence-corrected chi connectivity index (χ3v) is 5.93. The summed E-state index contributed by atoms with van der Waals surface area (Å²) in [5, 5.41) is 9.72. The first-order valence-corrected chi connectivity index (χ1v) is 11.1. The lowest BCUT2D eigenvalue weighted by molar-refractivity contribution is 0.213. The fraction of sp³-hybridized carbons (Fsp3) is 0.400. The summed E-state index contributed by atoms with van der Waals surface area (Å²) >= 11 is 0. The van der Waals surface area contributed by atoms with E-state index in [2.05, 4.69) is 52.0 Å². The van der Waals surface area contributed by atoms with E-state index < -0.39 is 0 Å². The van der Waals surface area contributed by atoms with Crippen molar-refractivity contribution in [1.82, 2.24) is 20.9 Å². The molecule has 3 rings (SSSR count). The van der Waals surface area contributed by atoms with Gasteiger partial charge in [0.25, 0.3) is 0 Å². The van der Waals surface area contributed by atoms with Crippen LogP contribution in [0.25, 0.3) is 0 Å². The molecule has 31 heavy (non-hydrogen) atoms. The van der Waals surface area contributed by atoms with Crippen molar-refractivity contribution in [2.45, 2.75) is 32.4 Å². The minimum atomic E-state index is -0.0404. The maximum Gasteiger partial charge on any atom is 0.321 e. The van der Waals surface area contributed by atoms with Gasteiger partial charge in [-0.15, -0.1) is 0 Å². The first-order chi connectivity index (χ1) is 15.1. The van der Waals surface area contributed by atoms with E-state index in [1.807, 2.05) is 48.3 Å². The van der Waals surface area contributed by atoms with Crippen molar-refractivity contribution in [2.24, 2.45) is 0 Å². The molecule has 166 valence electrons. The molecule has 2 aromatic carbocycles. The van der Waals surface area contributed by atoms with Crippen molar-refractivity contribution in [3.05, 3.63) is 77.6 Å². The van der Waals surface area contributed by atoms with E-state index in [4.69, 9.17) is 0 Å². The van der Waals surface area contributed by atoms with E-state index in [9.17, 15) is 4.79 Å². The van der Waals surface area contributed by atoms with Crippen LogP contribution in [0.1, 0.15) is 25.3 Å². The number of likely N-dealkylation sites (tertiary alicyclic amines) is 1. The number of hydrogen-bond donors (Lipinski definition) is 3. The number of rotatable bonds is 8. The van der Waals surface area contributed by atoms with Crippen LogP contribution in [0, 0.1) is 0 Å². The number of nitrogens with zero attached hydrogens (tertiary/aromatic N) is 2. The number of anilines is 1. The number of urea groups is 1. The number of piperidine rings is 1. The van der Waals surface area contributed by atoms with Crippen molar-refractivity contribution in [3.63, 3.8) is 0 Å². The zero-order valence-corrected chi connectivity index (χ0v) is 18.9. The van der Waals surface area contributed by atoms with Crippen LogP contribution in [0.15, 0.2) is 72.1 Å². The smallest absolute Gasteiger partial charge is 0.321 e. The number of nitrogens with one attached hydrogen (secondary N) is 3. The number of carbonyl (C=O) groups excluding carboxylic acids is 1. The lowest BCUT2D eigenvalue weighted by Gasteiger charge is -2.38. The Kier molecular flexibility index (Phi) is 8.35. The number of amides is 2. The molecular formula is C25H35N5O. The minimum Gasteiger partial charge on any atom is -0.389 e. The van der Waals surface area contributed by atoms with Crippen molar-refractivity contribution in [1.29, 1.82) is 0 Å². The average Bonchev–Trinajstić information content (AvgIpc) is 2.83. The van der Waals surface area contributed by atoms with Gasteiger partial charge in [0.2, 0.25) is 0 Å². The van der Waals surface area contributed by atoms with Gasteiger partial charge in [-0.3, -0.25) is 9.80 Å². The van der Waals surface area contributed by atoms with Crippen LogP contribution in [0.5, 0.6) is 0 Å². The molecule has 6 heteroatoms. The van der Waals surface area contributed by atoms with Crippen molar-refractivity contribution in [2.75, 3.05) is 38.6 Å². The maximum absolute atomic E-state index is 12.6. The fourth-order valence-corrected chi connectivity index (χ4v) is 4.08. The van der Waals surface area contributed by atoms with Crippen molar-refractivity contribution in [3.8, 4) is 0 Å². The molecule has 1 saturated heterocycles. The number of para-hydroxylation sites is 1. The molecule has 3 N–H and O–H groups in total. The monoisotopic (exact) mass is 421 g/mol. The highest BCUT2D eigenvalue weighted by molar-refractivity contribution is 5.92. The second-order valence-corrected chi connectivity index (χ2v) is 7.96. The molecule has 0 aliphatic carbocycles. The van der Waals surface area contributed by atoms with Gasteiger partial charge in [0.05, 0.1) is 0 Å². The van der Waals surface area contributed by atoms with Gasteiger partial charge in [0, 0.05) is 63.4 Å². The lowest BCUT2D eigenvalue weighted by atomic mass is 10.0. The van der Waals surface area contributed by atoms with Gasteiger partial charge in [-0.05, 0) is 37.5 Å². The van der Waals surface area contributed by atoms with E-state index in [1.165, 1.54) is 17.0 Å². The van der Waals surface area contributed by atoms with Crippen LogP contribution in [0.3, 0.4) is 0 Å². The summed E-state index contributed by atoms with van der Waals surface area (Å²) in [5.41, 5.74) is 4.61. The Balaban J connectivity index is 1.58. The largest absolute Gasteiger partial charge is 0.389 e. The van der Waals surface area contributed by atoms with Gasteiger partial charge in [-0.25, -0.2) is 4.79 Å². The summed E-state index contributed by atoms with van der Waals surface area (Å²) in [7, 11) is 3.68. The SMILES string of the molecule is CNC(=O)N(c1ccccc1)C1CCN(C/C(NC)=C(\C)NCc2ccccc2)CC1. The zero-order chi connectivity index (χ0) is 22.1. The van der Waals surface area contributed by atoms with Crippen molar-refractivity contribution < 1.29 is 4.79 Å². The lowest BCUT2D eigenvalue weighted by Crippen LogP contribution is -2.51. The Morgan fingerprint density at radius 2 is 1.58 bits per heavy atom. The van der Waals surface area contributed by atoms with E-state index in [1.54, 1.807) is 7.05 Å². The number of allylic oxidation sites excluding steroid dienone is 1. The molecule has 1 aliphatic rings. The highest BCUT2D eigenvalue weighted by atomic mass is 16.2. The number of carbonyl (C=O) groups is 1. The van der Waals surface area contributed by atoms with Crippen LogP contribution in [0.2, 0.25) is 0 Å². The Hall–Kier alpha value is -2.99. The normalized spacial score (nSPS) is 15.7. The quantitative estimate of drug-likeness (QED) is 0.610. The second kappa shape index (κ2) is 11.4. The molecule has 0 radical (unpaired) electrons. The molecule has 1 heterocycles. The van der Waals surface area contributed by atoms with Crippen LogP contribution >= 0.6 is 0 Å². The predicted molar refractivity (Wildman–Crippen MR) is 128 cm³/mol. The molecule has 0 spiro atoms. The molecule has 0 atom stereocenters. The Morgan fingerprint density at radius 3 is 2.16 bits per heavy atom. The molecule has 1 aliphatic heterocycles. The predicted octanol–water partition coefficient (Wildman–Crippen LogP) is 3.54. The van der Waals surface area contributed by atoms with Gasteiger partial charge in [-0.2, -0.15) is 0 Å². The van der Waals surface area contributed by atoms with Crippen LogP contribution < -0.4 is 20.9 Å². The summed E-state index contributed by atoms with van der Waals surface area (Å²) in [6, 6.07) is 20.6. The molecule has 0 saturated carbocycles.